The van der Waals surface area contributed by atoms with Gasteiger partial charge in [0.25, 0.3) is 0 Å². The topological polar surface area (TPSA) is 12.5 Å². The van der Waals surface area contributed by atoms with E-state index in [4.69, 9.17) is 4.74 Å². The van der Waals surface area contributed by atoms with Crippen molar-refractivity contribution in [3.63, 3.8) is 0 Å². The van der Waals surface area contributed by atoms with Gasteiger partial charge in [0.2, 0.25) is 0 Å². The summed E-state index contributed by atoms with van der Waals surface area (Å²) in [6.45, 7) is 6.77. The van der Waals surface area contributed by atoms with Gasteiger partial charge in [0.1, 0.15) is 0 Å². The SMILES string of the molecule is CC(C)(C)c1ccc(N2CCOC(C(F)(F)F)C2)cc1. The fourth-order valence-corrected chi connectivity index (χ4v) is 2.25. The maximum absolute atomic E-state index is 12.7. The van der Waals surface area contributed by atoms with Crippen molar-refractivity contribution in [1.82, 2.24) is 0 Å². The van der Waals surface area contributed by atoms with Crippen molar-refractivity contribution in [2.24, 2.45) is 0 Å². The Hall–Kier alpha value is -1.23. The number of nitrogens with zero attached hydrogens (tertiary/aromatic N) is 1. The number of halogens is 3. The van der Waals surface area contributed by atoms with Crippen molar-refractivity contribution in [3.8, 4) is 0 Å². The van der Waals surface area contributed by atoms with Gasteiger partial charge in [0, 0.05) is 12.2 Å². The van der Waals surface area contributed by atoms with Gasteiger partial charge in [-0.15, -0.1) is 0 Å². The van der Waals surface area contributed by atoms with E-state index in [1.165, 1.54) is 5.56 Å². The molecule has 0 N–H and O–H groups in total. The standard InChI is InChI=1S/C15H20F3NO/c1-14(2,3)11-4-6-12(7-5-11)19-8-9-20-13(10-19)15(16,17)18/h4-7,13H,8-10H2,1-3H3. The maximum atomic E-state index is 12.7. The van der Waals surface area contributed by atoms with Crippen LogP contribution in [0.2, 0.25) is 0 Å². The average Bonchev–Trinajstić information content (AvgIpc) is 2.37. The first-order valence-electron chi connectivity index (χ1n) is 6.72. The molecule has 0 radical (unpaired) electrons. The van der Waals surface area contributed by atoms with Gasteiger partial charge in [0.15, 0.2) is 6.10 Å². The highest BCUT2D eigenvalue weighted by Crippen LogP contribution is 2.29. The number of morpholine rings is 1. The van der Waals surface area contributed by atoms with Crippen molar-refractivity contribution in [3.05, 3.63) is 29.8 Å². The fourth-order valence-electron chi connectivity index (χ4n) is 2.25. The molecule has 0 amide bonds. The van der Waals surface area contributed by atoms with Crippen LogP contribution in [0.1, 0.15) is 26.3 Å². The predicted molar refractivity (Wildman–Crippen MR) is 73.2 cm³/mol. The molecule has 1 heterocycles. The van der Waals surface area contributed by atoms with E-state index in [1.54, 1.807) is 4.90 Å². The lowest BCUT2D eigenvalue weighted by atomic mass is 9.87. The number of alkyl halides is 3. The van der Waals surface area contributed by atoms with Crippen molar-refractivity contribution < 1.29 is 17.9 Å². The molecular weight excluding hydrogens is 267 g/mol. The van der Waals surface area contributed by atoms with Gasteiger partial charge in [0.05, 0.1) is 13.2 Å². The molecule has 0 aliphatic carbocycles. The fraction of sp³-hybridized carbons (Fsp3) is 0.600. The van der Waals surface area contributed by atoms with Crippen LogP contribution in [-0.4, -0.2) is 32.0 Å². The minimum absolute atomic E-state index is 0.0397. The largest absolute Gasteiger partial charge is 0.416 e. The Bertz CT molecular complexity index is 448. The molecule has 1 atom stereocenters. The Balaban J connectivity index is 2.12. The number of hydrogen-bond acceptors (Lipinski definition) is 2. The Labute approximate surface area is 117 Å². The third-order valence-corrected chi connectivity index (χ3v) is 3.53. The lowest BCUT2D eigenvalue weighted by molar-refractivity contribution is -0.221. The van der Waals surface area contributed by atoms with E-state index in [0.717, 1.165) is 5.69 Å². The van der Waals surface area contributed by atoms with Gasteiger partial charge in [-0.3, -0.25) is 0 Å². The van der Waals surface area contributed by atoms with Gasteiger partial charge in [-0.1, -0.05) is 32.9 Å². The van der Waals surface area contributed by atoms with Crippen molar-refractivity contribution in [2.45, 2.75) is 38.5 Å². The highest BCUT2D eigenvalue weighted by Gasteiger charge is 2.43. The molecular formula is C15H20F3NO. The average molecular weight is 287 g/mol. The Morgan fingerprint density at radius 3 is 2.20 bits per heavy atom. The second-order valence-electron chi connectivity index (χ2n) is 6.14. The molecule has 1 fully saturated rings. The molecule has 0 saturated carbocycles. The minimum atomic E-state index is -4.30. The summed E-state index contributed by atoms with van der Waals surface area (Å²) in [7, 11) is 0. The summed E-state index contributed by atoms with van der Waals surface area (Å²) in [5.74, 6) is 0. The molecule has 5 heteroatoms. The molecule has 1 aliphatic heterocycles. The van der Waals surface area contributed by atoms with Crippen LogP contribution < -0.4 is 4.90 Å². The molecule has 1 unspecified atom stereocenters. The van der Waals surface area contributed by atoms with Gasteiger partial charge in [-0.25, -0.2) is 0 Å². The highest BCUT2D eigenvalue weighted by atomic mass is 19.4. The first-order valence-corrected chi connectivity index (χ1v) is 6.72. The summed E-state index contributed by atoms with van der Waals surface area (Å²) in [4.78, 5) is 1.73. The summed E-state index contributed by atoms with van der Waals surface area (Å²) in [5.41, 5.74) is 2.02. The molecule has 1 aromatic carbocycles. The van der Waals surface area contributed by atoms with Crippen molar-refractivity contribution in [1.29, 1.82) is 0 Å². The monoisotopic (exact) mass is 287 g/mol. The van der Waals surface area contributed by atoms with Crippen LogP contribution in [0.5, 0.6) is 0 Å². The molecule has 0 bridgehead atoms. The molecule has 1 aromatic rings. The lowest BCUT2D eigenvalue weighted by Gasteiger charge is -2.35. The predicted octanol–water partition coefficient (Wildman–Crippen LogP) is 3.75. The van der Waals surface area contributed by atoms with Gasteiger partial charge >= 0.3 is 6.18 Å². The van der Waals surface area contributed by atoms with E-state index < -0.39 is 12.3 Å². The zero-order valence-electron chi connectivity index (χ0n) is 12.0. The first kappa shape index (κ1) is 15.2. The maximum Gasteiger partial charge on any atom is 0.416 e. The van der Waals surface area contributed by atoms with Crippen molar-refractivity contribution >= 4 is 5.69 Å². The Kier molecular flexibility index (Phi) is 4.00. The quantitative estimate of drug-likeness (QED) is 0.780. The summed E-state index contributed by atoms with van der Waals surface area (Å²) >= 11 is 0. The molecule has 2 rings (SSSR count). The van der Waals surface area contributed by atoms with Crippen molar-refractivity contribution in [2.75, 3.05) is 24.6 Å². The number of anilines is 1. The number of benzene rings is 1. The summed E-state index contributed by atoms with van der Waals surface area (Å²) in [5, 5.41) is 0. The second kappa shape index (κ2) is 5.28. The minimum Gasteiger partial charge on any atom is -0.366 e. The molecule has 2 nitrogen and oxygen atoms in total. The smallest absolute Gasteiger partial charge is 0.366 e. The molecule has 1 aliphatic rings. The summed E-state index contributed by atoms with van der Waals surface area (Å²) < 4.78 is 42.9. The number of hydrogen-bond donors (Lipinski definition) is 0. The van der Waals surface area contributed by atoms with Crippen LogP contribution in [0.15, 0.2) is 24.3 Å². The van der Waals surface area contributed by atoms with Crippen LogP contribution in [0.4, 0.5) is 18.9 Å². The molecule has 20 heavy (non-hydrogen) atoms. The zero-order chi connectivity index (χ0) is 15.0. The second-order valence-corrected chi connectivity index (χ2v) is 6.14. The summed E-state index contributed by atoms with van der Waals surface area (Å²) in [6.07, 6.45) is -6.00. The lowest BCUT2D eigenvalue weighted by Crippen LogP contribution is -2.49. The first-order chi connectivity index (χ1) is 9.18. The van der Waals surface area contributed by atoms with Crippen LogP contribution in [0.25, 0.3) is 0 Å². The zero-order valence-corrected chi connectivity index (χ0v) is 12.0. The molecule has 112 valence electrons. The van der Waals surface area contributed by atoms with E-state index >= 15 is 0 Å². The Morgan fingerprint density at radius 1 is 1.10 bits per heavy atom. The van der Waals surface area contributed by atoms with Crippen LogP contribution >= 0.6 is 0 Å². The van der Waals surface area contributed by atoms with Gasteiger partial charge < -0.3 is 9.64 Å². The van der Waals surface area contributed by atoms with Crippen LogP contribution in [0, 0.1) is 0 Å². The molecule has 0 aromatic heterocycles. The van der Waals surface area contributed by atoms with E-state index in [2.05, 4.69) is 20.8 Å². The van der Waals surface area contributed by atoms with E-state index in [-0.39, 0.29) is 18.6 Å². The third kappa shape index (κ3) is 3.45. The molecule has 0 spiro atoms. The summed E-state index contributed by atoms with van der Waals surface area (Å²) in [6, 6.07) is 7.74. The Morgan fingerprint density at radius 2 is 1.70 bits per heavy atom. The number of rotatable bonds is 1. The number of ether oxygens (including phenoxy) is 1. The van der Waals surface area contributed by atoms with Crippen LogP contribution in [-0.2, 0) is 10.2 Å². The third-order valence-electron chi connectivity index (χ3n) is 3.53. The van der Waals surface area contributed by atoms with E-state index in [1.807, 2.05) is 24.3 Å². The van der Waals surface area contributed by atoms with Gasteiger partial charge in [-0.05, 0) is 23.1 Å². The van der Waals surface area contributed by atoms with Crippen LogP contribution in [0.3, 0.4) is 0 Å². The van der Waals surface area contributed by atoms with E-state index in [0.29, 0.717) is 6.54 Å². The molecule has 1 saturated heterocycles. The highest BCUT2D eigenvalue weighted by molar-refractivity contribution is 5.49. The van der Waals surface area contributed by atoms with E-state index in [9.17, 15) is 13.2 Å². The normalized spacial score (nSPS) is 21.1. The van der Waals surface area contributed by atoms with Gasteiger partial charge in [-0.2, -0.15) is 13.2 Å².